The Balaban J connectivity index is 1.93. The van der Waals surface area contributed by atoms with Gasteiger partial charge in [-0.3, -0.25) is 0 Å². The van der Waals surface area contributed by atoms with Gasteiger partial charge < -0.3 is 24.6 Å². The zero-order valence-corrected chi connectivity index (χ0v) is 14.6. The number of aliphatic imine (C=N–C) groups is 1. The number of aliphatic hydroxyl groups is 1. The minimum atomic E-state index is -1.14. The second-order valence-corrected chi connectivity index (χ2v) is 6.45. The maximum atomic E-state index is 10.5. The van der Waals surface area contributed by atoms with Gasteiger partial charge in [-0.2, -0.15) is 0 Å². The second kappa shape index (κ2) is 8.59. The van der Waals surface area contributed by atoms with E-state index >= 15 is 0 Å². The smallest absolute Gasteiger partial charge is 0.191 e. The summed E-state index contributed by atoms with van der Waals surface area (Å²) in [5.74, 6) is 2.59. The monoisotopic (exact) mass is 333 g/mol. The fraction of sp³-hybridized carbons (Fsp3) is 0.500. The van der Waals surface area contributed by atoms with Gasteiger partial charge in [-0.25, -0.2) is 4.99 Å². The third-order valence-electron chi connectivity index (χ3n) is 3.52. The summed E-state index contributed by atoms with van der Waals surface area (Å²) < 4.78 is 10.6. The van der Waals surface area contributed by atoms with Gasteiger partial charge in [0.15, 0.2) is 5.96 Å². The van der Waals surface area contributed by atoms with Crippen LogP contribution < -0.4 is 10.6 Å². The predicted molar refractivity (Wildman–Crippen MR) is 93.8 cm³/mol. The van der Waals surface area contributed by atoms with Crippen molar-refractivity contribution in [2.24, 2.45) is 10.9 Å². The Hall–Kier alpha value is -2.21. The molecule has 6 nitrogen and oxygen atoms in total. The van der Waals surface area contributed by atoms with Crippen LogP contribution in [0.1, 0.15) is 32.3 Å². The Kier molecular flexibility index (Phi) is 6.49. The first-order valence-corrected chi connectivity index (χ1v) is 8.28. The van der Waals surface area contributed by atoms with E-state index in [1.807, 2.05) is 12.1 Å². The zero-order chi connectivity index (χ0) is 17.4. The maximum Gasteiger partial charge on any atom is 0.191 e. The molecule has 0 aliphatic carbocycles. The van der Waals surface area contributed by atoms with Gasteiger partial charge in [0.25, 0.3) is 0 Å². The summed E-state index contributed by atoms with van der Waals surface area (Å²) in [5, 5.41) is 17.1. The molecule has 2 rings (SSSR count). The Morgan fingerprint density at radius 3 is 2.58 bits per heavy atom. The van der Waals surface area contributed by atoms with Crippen molar-refractivity contribution in [1.82, 2.24) is 10.6 Å². The Morgan fingerprint density at radius 2 is 1.96 bits per heavy atom. The lowest BCUT2D eigenvalue weighted by Gasteiger charge is -2.20. The number of hydrogen-bond donors (Lipinski definition) is 3. The van der Waals surface area contributed by atoms with E-state index in [-0.39, 0.29) is 6.54 Å². The van der Waals surface area contributed by atoms with Crippen molar-refractivity contribution >= 4 is 5.96 Å². The zero-order valence-electron chi connectivity index (χ0n) is 14.6. The van der Waals surface area contributed by atoms with Gasteiger partial charge in [0.2, 0.25) is 0 Å². The summed E-state index contributed by atoms with van der Waals surface area (Å²) in [6.07, 6.45) is 3.99. The molecule has 0 aliphatic rings. The van der Waals surface area contributed by atoms with Crippen LogP contribution >= 0.6 is 0 Å². The van der Waals surface area contributed by atoms with Crippen LogP contribution in [0.3, 0.4) is 0 Å². The molecule has 0 fully saturated rings. The molecule has 1 unspecified atom stereocenters. The van der Waals surface area contributed by atoms with Crippen LogP contribution in [0.5, 0.6) is 0 Å². The molecule has 0 aromatic carbocycles. The van der Waals surface area contributed by atoms with Crippen LogP contribution in [-0.2, 0) is 12.0 Å². The first-order valence-electron chi connectivity index (χ1n) is 8.28. The molecule has 6 heteroatoms. The molecule has 0 amide bonds. The van der Waals surface area contributed by atoms with Crippen molar-refractivity contribution in [3.63, 3.8) is 0 Å². The molecule has 0 saturated carbocycles. The highest BCUT2D eigenvalue weighted by Gasteiger charge is 2.26. The van der Waals surface area contributed by atoms with Gasteiger partial charge in [0, 0.05) is 19.5 Å². The average Bonchev–Trinajstić information content (AvgIpc) is 3.22. The molecule has 2 aromatic heterocycles. The van der Waals surface area contributed by atoms with Gasteiger partial charge in [-0.05, 0) is 37.1 Å². The Labute approximate surface area is 143 Å². The van der Waals surface area contributed by atoms with Crippen LogP contribution in [0, 0.1) is 5.92 Å². The molecule has 3 N–H and O–H groups in total. The maximum absolute atomic E-state index is 10.5. The van der Waals surface area contributed by atoms with Gasteiger partial charge in [0.05, 0.1) is 19.1 Å². The topological polar surface area (TPSA) is 82.9 Å². The average molecular weight is 333 g/mol. The van der Waals surface area contributed by atoms with E-state index in [0.29, 0.717) is 24.2 Å². The Bertz CT molecular complexity index is 602. The lowest BCUT2D eigenvalue weighted by Crippen LogP contribution is -2.41. The van der Waals surface area contributed by atoms with Crippen LogP contribution in [0.15, 0.2) is 50.6 Å². The van der Waals surface area contributed by atoms with Crippen LogP contribution in [0.4, 0.5) is 0 Å². The van der Waals surface area contributed by atoms with E-state index in [1.165, 1.54) is 0 Å². The largest absolute Gasteiger partial charge is 0.469 e. The van der Waals surface area contributed by atoms with Crippen LogP contribution in [-0.4, -0.2) is 30.7 Å². The third kappa shape index (κ3) is 5.77. The molecule has 132 valence electrons. The second-order valence-electron chi connectivity index (χ2n) is 6.45. The van der Waals surface area contributed by atoms with Crippen molar-refractivity contribution < 1.29 is 13.9 Å². The summed E-state index contributed by atoms with van der Waals surface area (Å²) in [4.78, 5) is 4.50. The quantitative estimate of drug-likeness (QED) is 0.511. The molecular weight excluding hydrogens is 306 g/mol. The summed E-state index contributed by atoms with van der Waals surface area (Å²) in [7, 11) is 0. The SMILES string of the molecule is CC(C)CNC(=NCC(C)(O)c1ccco1)NCCc1ccco1. The lowest BCUT2D eigenvalue weighted by molar-refractivity contribution is 0.0437. The number of guanidine groups is 1. The highest BCUT2D eigenvalue weighted by Crippen LogP contribution is 2.21. The number of furan rings is 2. The van der Waals surface area contributed by atoms with Gasteiger partial charge in [-0.15, -0.1) is 0 Å². The molecule has 2 heterocycles. The fourth-order valence-corrected chi connectivity index (χ4v) is 2.13. The van der Waals surface area contributed by atoms with E-state index < -0.39 is 5.60 Å². The first-order chi connectivity index (χ1) is 11.5. The minimum Gasteiger partial charge on any atom is -0.469 e. The van der Waals surface area contributed by atoms with Crippen LogP contribution in [0.25, 0.3) is 0 Å². The minimum absolute atomic E-state index is 0.203. The van der Waals surface area contributed by atoms with Gasteiger partial charge in [0.1, 0.15) is 17.1 Å². The molecule has 0 bridgehead atoms. The van der Waals surface area contributed by atoms with E-state index in [2.05, 4.69) is 29.5 Å². The highest BCUT2D eigenvalue weighted by molar-refractivity contribution is 5.79. The summed E-state index contributed by atoms with van der Waals surface area (Å²) in [6.45, 7) is 7.65. The number of nitrogens with zero attached hydrogens (tertiary/aromatic N) is 1. The van der Waals surface area contributed by atoms with Crippen molar-refractivity contribution in [1.29, 1.82) is 0 Å². The van der Waals surface area contributed by atoms with E-state index in [4.69, 9.17) is 8.83 Å². The molecule has 0 radical (unpaired) electrons. The molecule has 1 atom stereocenters. The van der Waals surface area contributed by atoms with E-state index in [1.54, 1.807) is 31.6 Å². The molecule has 0 spiro atoms. The van der Waals surface area contributed by atoms with Crippen molar-refractivity contribution in [3.8, 4) is 0 Å². The number of rotatable bonds is 8. The standard InChI is InChI=1S/C18H27N3O3/c1-14(2)12-20-17(19-9-8-15-6-4-10-23-15)21-13-18(3,22)16-7-5-11-24-16/h4-7,10-11,14,22H,8-9,12-13H2,1-3H3,(H2,19,20,21). The molecule has 0 saturated heterocycles. The molecule has 0 aliphatic heterocycles. The van der Waals surface area contributed by atoms with Crippen molar-refractivity contribution in [2.45, 2.75) is 32.8 Å². The summed E-state index contributed by atoms with van der Waals surface area (Å²) >= 11 is 0. The fourth-order valence-electron chi connectivity index (χ4n) is 2.13. The van der Waals surface area contributed by atoms with E-state index in [0.717, 1.165) is 18.7 Å². The predicted octanol–water partition coefficient (Wildman–Crippen LogP) is 2.51. The summed E-state index contributed by atoms with van der Waals surface area (Å²) in [5.41, 5.74) is -1.14. The van der Waals surface area contributed by atoms with Gasteiger partial charge in [-0.1, -0.05) is 13.8 Å². The first kappa shape index (κ1) is 18.1. The number of nitrogens with one attached hydrogen (secondary N) is 2. The molecule has 24 heavy (non-hydrogen) atoms. The van der Waals surface area contributed by atoms with Crippen LogP contribution in [0.2, 0.25) is 0 Å². The number of hydrogen-bond acceptors (Lipinski definition) is 4. The van der Waals surface area contributed by atoms with Crippen molar-refractivity contribution in [2.75, 3.05) is 19.6 Å². The Morgan fingerprint density at radius 1 is 1.21 bits per heavy atom. The lowest BCUT2D eigenvalue weighted by atomic mass is 10.0. The normalized spacial score (nSPS) is 14.6. The molecular formula is C18H27N3O3. The third-order valence-corrected chi connectivity index (χ3v) is 3.52. The summed E-state index contributed by atoms with van der Waals surface area (Å²) in [6, 6.07) is 7.33. The highest BCUT2D eigenvalue weighted by atomic mass is 16.4. The van der Waals surface area contributed by atoms with E-state index in [9.17, 15) is 5.11 Å². The van der Waals surface area contributed by atoms with Crippen molar-refractivity contribution in [3.05, 3.63) is 48.3 Å². The molecule has 2 aromatic rings. The van der Waals surface area contributed by atoms with Gasteiger partial charge >= 0.3 is 0 Å².